The second-order valence-electron chi connectivity index (χ2n) is 8.59. The number of aliphatic imine (C=N–C) groups is 1. The molecular formula is C23H21FN8O3. The molecular weight excluding hydrogens is 455 g/mol. The fraction of sp³-hybridized carbons (Fsp3) is 0.304. The van der Waals surface area contributed by atoms with Gasteiger partial charge in [0.2, 0.25) is 0 Å². The number of nitrogen functional groups attached to an aromatic ring is 1. The first-order valence-electron chi connectivity index (χ1n) is 10.8. The number of aryl methyl sites for hydroxylation is 1. The van der Waals surface area contributed by atoms with Crippen LogP contribution in [0.2, 0.25) is 0 Å². The number of nitriles is 1. The minimum Gasteiger partial charge on any atom is -0.467 e. The number of carbonyl (C=O) groups is 1. The Morgan fingerprint density at radius 3 is 2.91 bits per heavy atom. The first kappa shape index (κ1) is 22.4. The molecule has 2 aromatic heterocycles. The summed E-state index contributed by atoms with van der Waals surface area (Å²) in [6.07, 6.45) is 0.653. The Balaban J connectivity index is 1.83. The van der Waals surface area contributed by atoms with Gasteiger partial charge in [0.25, 0.3) is 11.8 Å². The highest BCUT2D eigenvalue weighted by molar-refractivity contribution is 6.17. The molecule has 2 atom stereocenters. The molecule has 11 nitrogen and oxygen atoms in total. The lowest BCUT2D eigenvalue weighted by atomic mass is 9.97. The lowest BCUT2D eigenvalue weighted by Gasteiger charge is -2.36. The van der Waals surface area contributed by atoms with Crippen LogP contribution >= 0.6 is 0 Å². The molecule has 3 aromatic rings. The lowest BCUT2D eigenvalue weighted by Crippen LogP contribution is -2.53. The third-order valence-electron chi connectivity index (χ3n) is 6.28. The number of fused-ring (bicyclic) bond motifs is 7. The maximum Gasteiger partial charge on any atom is 0.275 e. The highest BCUT2D eigenvalue weighted by Gasteiger charge is 2.48. The van der Waals surface area contributed by atoms with E-state index >= 15 is 0 Å². The smallest absolute Gasteiger partial charge is 0.275 e. The molecule has 0 spiro atoms. The SMILES string of the molecule is C[C@H]1Oc2nc(cnc2N)-c2c(nn(C)c2C#N)CC2=NC(=O)C(C)(CO)N2c2ccc(F)cc21. The van der Waals surface area contributed by atoms with Crippen molar-refractivity contribution in [2.75, 3.05) is 17.2 Å². The number of halogens is 1. The summed E-state index contributed by atoms with van der Waals surface area (Å²) in [5.41, 5.74) is 6.71. The van der Waals surface area contributed by atoms with Gasteiger partial charge in [-0.05, 0) is 32.0 Å². The zero-order chi connectivity index (χ0) is 25.1. The number of ether oxygens (including phenoxy) is 1. The quantitative estimate of drug-likeness (QED) is 0.533. The van der Waals surface area contributed by atoms with Crippen LogP contribution in [0.5, 0.6) is 5.88 Å². The summed E-state index contributed by atoms with van der Waals surface area (Å²) in [5.74, 6) is -0.783. The van der Waals surface area contributed by atoms with Crippen LogP contribution in [0.1, 0.15) is 36.9 Å². The molecule has 1 unspecified atom stereocenters. The number of rotatable bonds is 1. The van der Waals surface area contributed by atoms with Gasteiger partial charge in [-0.3, -0.25) is 9.48 Å². The maximum absolute atomic E-state index is 14.4. The predicted octanol–water partition coefficient (Wildman–Crippen LogP) is 1.66. The molecule has 2 aliphatic rings. The van der Waals surface area contributed by atoms with E-state index in [1.54, 1.807) is 25.8 Å². The first-order chi connectivity index (χ1) is 16.7. The van der Waals surface area contributed by atoms with Crippen molar-refractivity contribution in [1.29, 1.82) is 5.26 Å². The number of nitrogens with zero attached hydrogens (tertiary/aromatic N) is 7. The number of carbonyl (C=O) groups excluding carboxylic acids is 1. The molecule has 1 aromatic carbocycles. The van der Waals surface area contributed by atoms with Gasteiger partial charge in [0.15, 0.2) is 5.82 Å². The van der Waals surface area contributed by atoms with Crippen LogP contribution < -0.4 is 15.4 Å². The number of hydrogen-bond donors (Lipinski definition) is 2. The highest BCUT2D eigenvalue weighted by Crippen LogP contribution is 2.40. The Labute approximate surface area is 199 Å². The van der Waals surface area contributed by atoms with Crippen LogP contribution in [0, 0.1) is 17.1 Å². The lowest BCUT2D eigenvalue weighted by molar-refractivity contribution is -0.122. The first-order valence-corrected chi connectivity index (χ1v) is 10.8. The van der Waals surface area contributed by atoms with E-state index in [0.29, 0.717) is 28.2 Å². The topological polar surface area (TPSA) is 156 Å². The number of hydrogen-bond acceptors (Lipinski definition) is 9. The molecule has 0 aliphatic carbocycles. The second kappa shape index (κ2) is 7.85. The van der Waals surface area contributed by atoms with Crippen molar-refractivity contribution in [3.8, 4) is 23.2 Å². The fourth-order valence-corrected chi connectivity index (χ4v) is 4.45. The van der Waals surface area contributed by atoms with Gasteiger partial charge in [0.05, 0.1) is 41.9 Å². The summed E-state index contributed by atoms with van der Waals surface area (Å²) in [7, 11) is 1.61. The van der Waals surface area contributed by atoms with Crippen LogP contribution in [-0.4, -0.2) is 48.7 Å². The van der Waals surface area contributed by atoms with Gasteiger partial charge in [-0.2, -0.15) is 15.4 Å². The van der Waals surface area contributed by atoms with Crippen LogP contribution in [0.3, 0.4) is 0 Å². The Morgan fingerprint density at radius 1 is 1.43 bits per heavy atom. The highest BCUT2D eigenvalue weighted by atomic mass is 19.1. The number of aliphatic hydroxyl groups excluding tert-OH is 1. The van der Waals surface area contributed by atoms with Crippen molar-refractivity contribution >= 4 is 23.2 Å². The van der Waals surface area contributed by atoms with Gasteiger partial charge in [0.1, 0.15) is 35.1 Å². The van der Waals surface area contributed by atoms with E-state index in [0.717, 1.165) is 0 Å². The third-order valence-corrected chi connectivity index (χ3v) is 6.28. The van der Waals surface area contributed by atoms with Gasteiger partial charge in [-0.15, -0.1) is 0 Å². The monoisotopic (exact) mass is 476 g/mol. The fourth-order valence-electron chi connectivity index (χ4n) is 4.45. The summed E-state index contributed by atoms with van der Waals surface area (Å²) in [6, 6.07) is 6.17. The number of amides is 1. The van der Waals surface area contributed by atoms with Crippen molar-refractivity contribution in [3.05, 3.63) is 47.2 Å². The zero-order valence-corrected chi connectivity index (χ0v) is 19.2. The normalized spacial score (nSPS) is 21.0. The molecule has 0 saturated heterocycles. The van der Waals surface area contributed by atoms with Gasteiger partial charge < -0.3 is 20.5 Å². The third kappa shape index (κ3) is 3.31. The molecule has 2 bridgehead atoms. The minimum atomic E-state index is -1.44. The van der Waals surface area contributed by atoms with E-state index in [1.807, 2.05) is 0 Å². The number of amidine groups is 1. The Kier molecular flexibility index (Phi) is 5.03. The Morgan fingerprint density at radius 2 is 2.20 bits per heavy atom. The zero-order valence-electron chi connectivity index (χ0n) is 19.2. The second-order valence-corrected chi connectivity index (χ2v) is 8.59. The minimum absolute atomic E-state index is 0.000728. The van der Waals surface area contributed by atoms with Crippen LogP contribution in [-0.2, 0) is 18.3 Å². The van der Waals surface area contributed by atoms with Crippen molar-refractivity contribution in [2.24, 2.45) is 12.0 Å². The van der Waals surface area contributed by atoms with Crippen molar-refractivity contribution < 1.29 is 19.0 Å². The Hall–Kier alpha value is -4.37. The molecule has 12 heteroatoms. The van der Waals surface area contributed by atoms with Crippen LogP contribution in [0.25, 0.3) is 11.3 Å². The molecule has 1 amide bonds. The number of aliphatic hydroxyl groups is 1. The molecule has 2 aliphatic heterocycles. The van der Waals surface area contributed by atoms with Gasteiger partial charge >= 0.3 is 0 Å². The van der Waals surface area contributed by atoms with E-state index in [9.17, 15) is 19.6 Å². The van der Waals surface area contributed by atoms with Gasteiger partial charge in [-0.25, -0.2) is 14.4 Å². The average molecular weight is 476 g/mol. The van der Waals surface area contributed by atoms with Crippen LogP contribution in [0.15, 0.2) is 29.4 Å². The molecule has 35 heavy (non-hydrogen) atoms. The molecule has 4 heterocycles. The van der Waals surface area contributed by atoms with E-state index in [-0.39, 0.29) is 29.6 Å². The van der Waals surface area contributed by atoms with Gasteiger partial charge in [0, 0.05) is 12.6 Å². The van der Waals surface area contributed by atoms with Crippen molar-refractivity contribution in [2.45, 2.75) is 31.9 Å². The standard InChI is InChI=1S/C23H21FN8O3/c1-11-13-6-12(24)4-5-16(13)32-18(29-22(34)23(32,2)10-33)7-14-19(17(8-25)31(3)30-14)15-9-27-20(26)21(28-15)35-11/h4-6,9,11,33H,7,10H2,1-3H3,(H2,26,27)/t11-,23?/m1/s1. The maximum atomic E-state index is 14.4. The molecule has 0 fully saturated rings. The Bertz CT molecular complexity index is 1460. The molecule has 178 valence electrons. The molecule has 0 saturated carbocycles. The average Bonchev–Trinajstić information content (AvgIpc) is 3.27. The number of nitrogens with two attached hydrogens (primary N) is 1. The van der Waals surface area contributed by atoms with E-state index in [2.05, 4.69) is 26.1 Å². The number of aromatic nitrogens is 4. The molecule has 5 rings (SSSR count). The summed E-state index contributed by atoms with van der Waals surface area (Å²) in [4.78, 5) is 27.5. The largest absolute Gasteiger partial charge is 0.467 e. The number of benzene rings is 1. The molecule has 0 radical (unpaired) electrons. The van der Waals surface area contributed by atoms with E-state index < -0.39 is 30.0 Å². The summed E-state index contributed by atoms with van der Waals surface area (Å²) in [5, 5.41) is 24.5. The number of anilines is 2. The van der Waals surface area contributed by atoms with E-state index in [4.69, 9.17) is 10.5 Å². The summed E-state index contributed by atoms with van der Waals surface area (Å²) >= 11 is 0. The van der Waals surface area contributed by atoms with Crippen molar-refractivity contribution in [3.63, 3.8) is 0 Å². The van der Waals surface area contributed by atoms with Crippen molar-refractivity contribution in [1.82, 2.24) is 19.7 Å². The summed E-state index contributed by atoms with van der Waals surface area (Å²) in [6.45, 7) is 2.70. The molecule has 3 N–H and O–H groups in total. The van der Waals surface area contributed by atoms with Gasteiger partial charge in [-0.1, -0.05) is 0 Å². The van der Waals surface area contributed by atoms with Crippen LogP contribution in [0.4, 0.5) is 15.9 Å². The predicted molar refractivity (Wildman–Crippen MR) is 123 cm³/mol. The summed E-state index contributed by atoms with van der Waals surface area (Å²) < 4.78 is 21.8. The van der Waals surface area contributed by atoms with E-state index in [1.165, 1.54) is 29.1 Å².